The maximum Gasteiger partial charge on any atom is 0.220 e. The Bertz CT molecular complexity index is 567. The van der Waals surface area contributed by atoms with Gasteiger partial charge in [0.15, 0.2) is 0 Å². The van der Waals surface area contributed by atoms with E-state index in [1.165, 1.54) is 25.0 Å². The molecule has 1 aromatic carbocycles. The summed E-state index contributed by atoms with van der Waals surface area (Å²) in [6.07, 6.45) is 4.08. The zero-order valence-electron chi connectivity index (χ0n) is 16.0. The first kappa shape index (κ1) is 24.0. The van der Waals surface area contributed by atoms with Crippen LogP contribution in [0.25, 0.3) is 0 Å². The van der Waals surface area contributed by atoms with E-state index in [0.717, 1.165) is 44.8 Å². The molecule has 4 nitrogen and oxygen atoms in total. The van der Waals surface area contributed by atoms with Crippen LogP contribution in [0.4, 0.5) is 10.1 Å². The Labute approximate surface area is 174 Å². The summed E-state index contributed by atoms with van der Waals surface area (Å²) in [5.74, 6) is 1.60. The predicted octanol–water partition coefficient (Wildman–Crippen LogP) is 3.64. The maximum absolute atomic E-state index is 13.0. The molecule has 2 atom stereocenters. The molecule has 27 heavy (non-hydrogen) atoms. The van der Waals surface area contributed by atoms with Crippen LogP contribution in [0.1, 0.15) is 32.6 Å². The van der Waals surface area contributed by atoms with Crippen molar-refractivity contribution in [3.05, 3.63) is 30.1 Å². The third-order valence-electron chi connectivity index (χ3n) is 5.76. The van der Waals surface area contributed by atoms with Crippen molar-refractivity contribution in [2.75, 3.05) is 37.6 Å². The monoisotopic (exact) mass is 419 g/mol. The minimum Gasteiger partial charge on any atom is -0.371 e. The lowest BCUT2D eigenvalue weighted by molar-refractivity contribution is -0.122. The van der Waals surface area contributed by atoms with E-state index in [4.69, 9.17) is 0 Å². The minimum atomic E-state index is -0.199. The highest BCUT2D eigenvalue weighted by Crippen LogP contribution is 2.25. The first-order valence-corrected chi connectivity index (χ1v) is 9.59. The van der Waals surface area contributed by atoms with E-state index >= 15 is 0 Å². The summed E-state index contributed by atoms with van der Waals surface area (Å²) >= 11 is 0. The van der Waals surface area contributed by atoms with E-state index in [9.17, 15) is 9.18 Å². The third kappa shape index (κ3) is 7.13. The number of hydrogen-bond acceptors (Lipinski definition) is 3. The molecule has 154 valence electrons. The second-order valence-electron chi connectivity index (χ2n) is 7.65. The van der Waals surface area contributed by atoms with E-state index in [2.05, 4.69) is 22.5 Å². The topological polar surface area (TPSA) is 44.4 Å². The molecule has 0 radical (unpaired) electrons. The second-order valence-corrected chi connectivity index (χ2v) is 7.65. The molecule has 0 bridgehead atoms. The van der Waals surface area contributed by atoms with Crippen LogP contribution in [0.3, 0.4) is 0 Å². The quantitative estimate of drug-likeness (QED) is 0.739. The van der Waals surface area contributed by atoms with Gasteiger partial charge in [-0.2, -0.15) is 0 Å². The van der Waals surface area contributed by atoms with Crippen LogP contribution in [0.2, 0.25) is 0 Å². The molecule has 2 heterocycles. The highest BCUT2D eigenvalue weighted by atomic mass is 35.5. The lowest BCUT2D eigenvalue weighted by Crippen LogP contribution is -2.35. The Morgan fingerprint density at radius 1 is 1.22 bits per heavy atom. The highest BCUT2D eigenvalue weighted by molar-refractivity contribution is 5.85. The smallest absolute Gasteiger partial charge is 0.220 e. The molecule has 0 saturated carbocycles. The summed E-state index contributed by atoms with van der Waals surface area (Å²) in [4.78, 5) is 14.5. The van der Waals surface area contributed by atoms with Crippen LogP contribution in [0, 0.1) is 23.6 Å². The average molecular weight is 420 g/mol. The molecule has 1 aromatic rings. The van der Waals surface area contributed by atoms with Crippen LogP contribution in [-0.2, 0) is 4.79 Å². The number of rotatable bonds is 6. The molecule has 7 heteroatoms. The van der Waals surface area contributed by atoms with Gasteiger partial charge in [-0.1, -0.05) is 6.92 Å². The number of carbonyl (C=O) groups excluding carboxylic acids is 1. The first-order chi connectivity index (χ1) is 12.1. The van der Waals surface area contributed by atoms with Crippen molar-refractivity contribution in [3.8, 4) is 0 Å². The van der Waals surface area contributed by atoms with Gasteiger partial charge in [0, 0.05) is 31.7 Å². The second kappa shape index (κ2) is 11.7. The SMILES string of the molecule is CC(CC(=O)NCC1CCN(c2ccc(F)cc2)C1)C1CCNCC1.Cl.Cl. The normalized spacial score (nSPS) is 21.1. The van der Waals surface area contributed by atoms with Crippen molar-refractivity contribution in [2.45, 2.75) is 32.6 Å². The number of benzene rings is 1. The Kier molecular flexibility index (Phi) is 10.4. The fourth-order valence-corrected chi connectivity index (χ4v) is 4.09. The molecular weight excluding hydrogens is 388 g/mol. The summed E-state index contributed by atoms with van der Waals surface area (Å²) < 4.78 is 13.0. The first-order valence-electron chi connectivity index (χ1n) is 9.59. The number of amides is 1. The molecule has 0 spiro atoms. The van der Waals surface area contributed by atoms with Gasteiger partial charge in [0.25, 0.3) is 0 Å². The van der Waals surface area contributed by atoms with E-state index in [0.29, 0.717) is 24.2 Å². The van der Waals surface area contributed by atoms with Crippen LogP contribution in [-0.4, -0.2) is 38.6 Å². The maximum atomic E-state index is 13.0. The van der Waals surface area contributed by atoms with Crippen molar-refractivity contribution < 1.29 is 9.18 Å². The van der Waals surface area contributed by atoms with E-state index in [1.54, 1.807) is 0 Å². The third-order valence-corrected chi connectivity index (χ3v) is 5.76. The number of nitrogens with one attached hydrogen (secondary N) is 2. The van der Waals surface area contributed by atoms with Crippen molar-refractivity contribution in [2.24, 2.45) is 17.8 Å². The standard InChI is InChI=1S/C20H30FN3O.2ClH/c1-15(17-6-9-22-10-7-17)12-20(25)23-13-16-8-11-24(14-16)19-4-2-18(21)3-5-19;;/h2-5,15-17,22H,6-14H2,1H3,(H,23,25);2*1H. The van der Waals surface area contributed by atoms with Gasteiger partial charge in [0.2, 0.25) is 5.91 Å². The number of anilines is 1. The van der Waals surface area contributed by atoms with E-state index in [1.807, 2.05) is 12.1 Å². The van der Waals surface area contributed by atoms with Crippen LogP contribution in [0.5, 0.6) is 0 Å². The number of nitrogens with zero attached hydrogens (tertiary/aromatic N) is 1. The highest BCUT2D eigenvalue weighted by Gasteiger charge is 2.25. The molecule has 2 fully saturated rings. The molecule has 3 rings (SSSR count). The van der Waals surface area contributed by atoms with Crippen LogP contribution < -0.4 is 15.5 Å². The largest absolute Gasteiger partial charge is 0.371 e. The van der Waals surface area contributed by atoms with Crippen LogP contribution in [0.15, 0.2) is 24.3 Å². The van der Waals surface area contributed by atoms with Gasteiger partial charge in [0.1, 0.15) is 5.82 Å². The fourth-order valence-electron chi connectivity index (χ4n) is 4.09. The number of hydrogen-bond donors (Lipinski definition) is 2. The number of piperidine rings is 1. The number of halogens is 3. The molecule has 2 aliphatic rings. The Hall–Kier alpha value is -1.04. The number of carbonyl (C=O) groups is 1. The van der Waals surface area contributed by atoms with Crippen molar-refractivity contribution in [3.63, 3.8) is 0 Å². The van der Waals surface area contributed by atoms with E-state index < -0.39 is 0 Å². The molecule has 2 N–H and O–H groups in total. The van der Waals surface area contributed by atoms with Gasteiger partial charge in [-0.15, -0.1) is 24.8 Å². The van der Waals surface area contributed by atoms with Gasteiger partial charge >= 0.3 is 0 Å². The van der Waals surface area contributed by atoms with Crippen LogP contribution >= 0.6 is 24.8 Å². The molecular formula is C20H32Cl2FN3O. The van der Waals surface area contributed by atoms with Crippen molar-refractivity contribution >= 4 is 36.4 Å². The molecule has 0 aromatic heterocycles. The summed E-state index contributed by atoms with van der Waals surface area (Å²) in [6.45, 7) is 7.01. The Balaban J connectivity index is 0.00000182. The van der Waals surface area contributed by atoms with Gasteiger partial charge < -0.3 is 15.5 Å². The predicted molar refractivity (Wildman–Crippen MR) is 114 cm³/mol. The van der Waals surface area contributed by atoms with Gasteiger partial charge in [0.05, 0.1) is 0 Å². The van der Waals surface area contributed by atoms with Gasteiger partial charge in [-0.05, 0) is 74.4 Å². The zero-order chi connectivity index (χ0) is 17.6. The van der Waals surface area contributed by atoms with Crippen molar-refractivity contribution in [1.82, 2.24) is 10.6 Å². The van der Waals surface area contributed by atoms with Crippen molar-refractivity contribution in [1.29, 1.82) is 0 Å². The Morgan fingerprint density at radius 3 is 2.56 bits per heavy atom. The lowest BCUT2D eigenvalue weighted by atomic mass is 9.84. The Morgan fingerprint density at radius 2 is 1.89 bits per heavy atom. The lowest BCUT2D eigenvalue weighted by Gasteiger charge is -2.28. The molecule has 1 amide bonds. The molecule has 0 aliphatic carbocycles. The van der Waals surface area contributed by atoms with Gasteiger partial charge in [-0.3, -0.25) is 4.79 Å². The summed E-state index contributed by atoms with van der Waals surface area (Å²) in [5, 5.41) is 6.51. The van der Waals surface area contributed by atoms with E-state index in [-0.39, 0.29) is 36.5 Å². The average Bonchev–Trinajstić information content (AvgIpc) is 3.10. The summed E-state index contributed by atoms with van der Waals surface area (Å²) in [5.41, 5.74) is 1.06. The molecule has 2 aliphatic heterocycles. The summed E-state index contributed by atoms with van der Waals surface area (Å²) in [6, 6.07) is 6.67. The molecule has 2 unspecified atom stereocenters. The molecule has 2 saturated heterocycles. The zero-order valence-corrected chi connectivity index (χ0v) is 17.6. The van der Waals surface area contributed by atoms with Gasteiger partial charge in [-0.25, -0.2) is 4.39 Å². The minimum absolute atomic E-state index is 0. The fraction of sp³-hybridized carbons (Fsp3) is 0.650. The summed E-state index contributed by atoms with van der Waals surface area (Å²) in [7, 11) is 0.